The van der Waals surface area contributed by atoms with Gasteiger partial charge in [0.15, 0.2) is 0 Å². The first-order valence-corrected chi connectivity index (χ1v) is 8.04. The molecule has 0 saturated carbocycles. The summed E-state index contributed by atoms with van der Waals surface area (Å²) in [6.45, 7) is 0.0758. The van der Waals surface area contributed by atoms with Crippen LogP contribution in [0, 0.1) is 0 Å². The monoisotopic (exact) mass is 301 g/mol. The summed E-state index contributed by atoms with van der Waals surface area (Å²) >= 11 is 1.60. The van der Waals surface area contributed by atoms with Gasteiger partial charge in [-0.15, -0.1) is 11.3 Å². The minimum absolute atomic E-state index is 0.134. The molecule has 0 amide bonds. The highest BCUT2D eigenvalue weighted by atomic mass is 32.2. The molecule has 19 heavy (non-hydrogen) atoms. The van der Waals surface area contributed by atoms with E-state index in [0.29, 0.717) is 13.0 Å². The van der Waals surface area contributed by atoms with E-state index in [1.807, 2.05) is 17.5 Å². The van der Waals surface area contributed by atoms with E-state index in [9.17, 15) is 8.42 Å². The summed E-state index contributed by atoms with van der Waals surface area (Å²) in [7, 11) is -2.10. The van der Waals surface area contributed by atoms with E-state index >= 15 is 0 Å². The van der Waals surface area contributed by atoms with Crippen molar-refractivity contribution in [3.63, 3.8) is 0 Å². The summed E-state index contributed by atoms with van der Waals surface area (Å²) < 4.78 is 30.7. The van der Waals surface area contributed by atoms with Gasteiger partial charge in [-0.3, -0.25) is 0 Å². The number of hydrogen-bond donors (Lipinski definition) is 1. The van der Waals surface area contributed by atoms with Crippen LogP contribution in [-0.4, -0.2) is 31.4 Å². The molecule has 0 bridgehead atoms. The Hall–Kier alpha value is -1.15. The highest BCUT2D eigenvalue weighted by Crippen LogP contribution is 2.18. The van der Waals surface area contributed by atoms with Gasteiger partial charge in [-0.1, -0.05) is 6.07 Å². The Morgan fingerprint density at radius 3 is 2.74 bits per heavy atom. The molecule has 0 unspecified atom stereocenters. The summed E-state index contributed by atoms with van der Waals surface area (Å²) in [5.74, 6) is 0.241. The quantitative estimate of drug-likeness (QED) is 0.881. The number of aliphatic hydroxyl groups excluding tert-OH is 1. The predicted octanol–water partition coefficient (Wildman–Crippen LogP) is 1.70. The fraction of sp³-hybridized carbons (Fsp3) is 0.333. The largest absolute Gasteiger partial charge is 0.446 e. The molecule has 2 heterocycles. The van der Waals surface area contributed by atoms with Gasteiger partial charge in [0.2, 0.25) is 5.09 Å². The van der Waals surface area contributed by atoms with Crippen LogP contribution in [0.25, 0.3) is 0 Å². The lowest BCUT2D eigenvalue weighted by molar-refractivity contribution is 0.235. The van der Waals surface area contributed by atoms with Crippen molar-refractivity contribution in [1.82, 2.24) is 4.31 Å². The Morgan fingerprint density at radius 1 is 1.37 bits per heavy atom. The fourth-order valence-corrected chi connectivity index (χ4v) is 3.37. The summed E-state index contributed by atoms with van der Waals surface area (Å²) in [5, 5.41) is 10.7. The Labute approximate surface area is 116 Å². The lowest BCUT2D eigenvalue weighted by atomic mass is 10.3. The van der Waals surface area contributed by atoms with Crippen LogP contribution in [-0.2, 0) is 23.1 Å². The summed E-state index contributed by atoms with van der Waals surface area (Å²) in [6.07, 6.45) is 0.668. The number of furan rings is 1. The number of hydrogen-bond acceptors (Lipinski definition) is 5. The molecule has 0 saturated heterocycles. The number of aliphatic hydroxyl groups is 1. The average Bonchev–Trinajstić information content (AvgIpc) is 3.06. The molecule has 2 aromatic rings. The molecular weight excluding hydrogens is 286 g/mol. The van der Waals surface area contributed by atoms with E-state index < -0.39 is 10.0 Å². The molecule has 2 rings (SSSR count). The number of likely N-dealkylation sites (N-methyl/N-ethyl adjacent to an activating group) is 1. The van der Waals surface area contributed by atoms with Crippen LogP contribution in [0.4, 0.5) is 0 Å². The second-order valence-corrected chi connectivity index (χ2v) is 7.04. The lowest BCUT2D eigenvalue weighted by Gasteiger charge is -2.14. The van der Waals surface area contributed by atoms with Crippen molar-refractivity contribution in [1.29, 1.82) is 0 Å². The van der Waals surface area contributed by atoms with Crippen LogP contribution < -0.4 is 0 Å². The molecule has 0 aromatic carbocycles. The van der Waals surface area contributed by atoms with E-state index in [4.69, 9.17) is 9.52 Å². The highest BCUT2D eigenvalue weighted by Gasteiger charge is 2.24. The van der Waals surface area contributed by atoms with Crippen LogP contribution in [0.5, 0.6) is 0 Å². The van der Waals surface area contributed by atoms with Gasteiger partial charge in [-0.05, 0) is 30.0 Å². The number of thiophene rings is 1. The van der Waals surface area contributed by atoms with Gasteiger partial charge in [0.05, 0.1) is 0 Å². The Kier molecular flexibility index (Phi) is 4.41. The summed E-state index contributed by atoms with van der Waals surface area (Å²) in [4.78, 5) is 1.14. The molecule has 7 heteroatoms. The highest BCUT2D eigenvalue weighted by molar-refractivity contribution is 7.89. The van der Waals surface area contributed by atoms with E-state index in [2.05, 4.69) is 0 Å². The zero-order valence-corrected chi connectivity index (χ0v) is 12.1. The van der Waals surface area contributed by atoms with Gasteiger partial charge in [0.25, 0.3) is 10.0 Å². The maximum Gasteiger partial charge on any atom is 0.276 e. The van der Waals surface area contributed by atoms with Gasteiger partial charge in [-0.2, -0.15) is 4.31 Å². The second kappa shape index (κ2) is 5.87. The first-order chi connectivity index (χ1) is 9.04. The third-order valence-corrected chi connectivity index (χ3v) is 5.38. The maximum atomic E-state index is 12.2. The molecule has 1 N–H and O–H groups in total. The summed E-state index contributed by atoms with van der Waals surface area (Å²) in [6, 6.07) is 6.74. The fourth-order valence-electron chi connectivity index (χ4n) is 1.58. The zero-order valence-electron chi connectivity index (χ0n) is 10.4. The van der Waals surface area contributed by atoms with E-state index in [1.54, 1.807) is 11.3 Å². The van der Waals surface area contributed by atoms with Gasteiger partial charge in [-0.25, -0.2) is 8.42 Å². The predicted molar refractivity (Wildman–Crippen MR) is 72.5 cm³/mol. The first-order valence-electron chi connectivity index (χ1n) is 5.72. The maximum absolute atomic E-state index is 12.2. The van der Waals surface area contributed by atoms with Crippen LogP contribution in [0.1, 0.15) is 10.6 Å². The second-order valence-electron chi connectivity index (χ2n) is 4.03. The van der Waals surface area contributed by atoms with Crippen LogP contribution >= 0.6 is 11.3 Å². The third-order valence-electron chi connectivity index (χ3n) is 2.71. The first kappa shape index (κ1) is 14.3. The molecule has 0 fully saturated rings. The average molecular weight is 301 g/mol. The van der Waals surface area contributed by atoms with Gasteiger partial charge in [0.1, 0.15) is 12.4 Å². The minimum Gasteiger partial charge on any atom is -0.446 e. The number of nitrogens with zero attached hydrogens (tertiary/aromatic N) is 1. The molecule has 0 aliphatic heterocycles. The van der Waals surface area contributed by atoms with Crippen LogP contribution in [0.3, 0.4) is 0 Å². The molecule has 0 radical (unpaired) electrons. The van der Waals surface area contributed by atoms with Crippen LogP contribution in [0.2, 0.25) is 0 Å². The standard InChI is InChI=1S/C12H15NO4S2/c1-13(7-6-11-3-2-8-18-11)19(15,16)12-5-4-10(9-14)17-12/h2-5,8,14H,6-7,9H2,1H3. The molecule has 0 aliphatic carbocycles. The van der Waals surface area contributed by atoms with Gasteiger partial charge in [0, 0.05) is 18.5 Å². The molecule has 104 valence electrons. The lowest BCUT2D eigenvalue weighted by Crippen LogP contribution is -2.28. The Morgan fingerprint density at radius 2 is 2.16 bits per heavy atom. The number of rotatable bonds is 6. The Balaban J connectivity index is 2.06. The van der Waals surface area contributed by atoms with Crippen LogP contribution in [0.15, 0.2) is 39.2 Å². The third kappa shape index (κ3) is 3.24. The van der Waals surface area contributed by atoms with Crippen molar-refractivity contribution < 1.29 is 17.9 Å². The number of sulfonamides is 1. The topological polar surface area (TPSA) is 70.8 Å². The van der Waals surface area contributed by atoms with Crippen molar-refractivity contribution in [3.05, 3.63) is 40.3 Å². The van der Waals surface area contributed by atoms with Gasteiger partial charge >= 0.3 is 0 Å². The Bertz CT molecular complexity index is 616. The van der Waals surface area contributed by atoms with Crippen molar-refractivity contribution in [2.45, 2.75) is 18.1 Å². The molecule has 5 nitrogen and oxygen atoms in total. The summed E-state index contributed by atoms with van der Waals surface area (Å²) in [5.41, 5.74) is 0. The minimum atomic E-state index is -3.62. The van der Waals surface area contributed by atoms with Gasteiger partial charge < -0.3 is 9.52 Å². The van der Waals surface area contributed by atoms with E-state index in [1.165, 1.54) is 23.5 Å². The van der Waals surface area contributed by atoms with Crippen molar-refractivity contribution in [2.24, 2.45) is 0 Å². The normalized spacial score (nSPS) is 12.2. The van der Waals surface area contributed by atoms with Crippen molar-refractivity contribution in [3.8, 4) is 0 Å². The molecule has 2 aromatic heterocycles. The zero-order chi connectivity index (χ0) is 13.9. The molecular formula is C12H15NO4S2. The molecule has 0 spiro atoms. The smallest absolute Gasteiger partial charge is 0.276 e. The van der Waals surface area contributed by atoms with Crippen molar-refractivity contribution in [2.75, 3.05) is 13.6 Å². The SMILES string of the molecule is CN(CCc1cccs1)S(=O)(=O)c1ccc(CO)o1. The molecule has 0 aliphatic rings. The van der Waals surface area contributed by atoms with E-state index in [-0.39, 0.29) is 17.5 Å². The van der Waals surface area contributed by atoms with E-state index in [0.717, 1.165) is 4.88 Å². The molecule has 0 atom stereocenters. The van der Waals surface area contributed by atoms with Crippen molar-refractivity contribution >= 4 is 21.4 Å².